The van der Waals surface area contributed by atoms with Gasteiger partial charge >= 0.3 is 0 Å². The smallest absolute Gasteiger partial charge is 0.119 e. The van der Waals surface area contributed by atoms with E-state index in [-0.39, 0.29) is 0 Å². The van der Waals surface area contributed by atoms with Crippen molar-refractivity contribution in [1.29, 1.82) is 0 Å². The minimum absolute atomic E-state index is 0.618. The molecule has 3 nitrogen and oxygen atoms in total. The van der Waals surface area contributed by atoms with Crippen molar-refractivity contribution in [2.75, 3.05) is 39.5 Å². The molecule has 0 bridgehead atoms. The van der Waals surface area contributed by atoms with Gasteiger partial charge < -0.3 is 14.4 Å². The first kappa shape index (κ1) is 15.8. The average molecular weight is 343 g/mol. The van der Waals surface area contributed by atoms with Gasteiger partial charge in [-0.1, -0.05) is 22.9 Å². The Hall–Kier alpha value is -0.580. The Morgan fingerprint density at radius 1 is 1.20 bits per heavy atom. The number of benzene rings is 1. The number of likely N-dealkylation sites (tertiary alicyclic amines) is 1. The maximum Gasteiger partial charge on any atom is 0.119 e. The highest BCUT2D eigenvalue weighted by atomic mass is 79.9. The summed E-state index contributed by atoms with van der Waals surface area (Å²) in [6, 6.07) is 7.89. The van der Waals surface area contributed by atoms with Gasteiger partial charge in [0.05, 0.1) is 26.3 Å². The van der Waals surface area contributed by atoms with Crippen LogP contribution in [0.3, 0.4) is 0 Å². The molecule has 0 aromatic heterocycles. The summed E-state index contributed by atoms with van der Waals surface area (Å²) < 4.78 is 12.3. The maximum absolute atomic E-state index is 5.66. The average Bonchev–Trinajstić information content (AvgIpc) is 2.45. The molecule has 1 aliphatic rings. The zero-order valence-corrected chi connectivity index (χ0v) is 13.8. The summed E-state index contributed by atoms with van der Waals surface area (Å²) in [5, 5.41) is 0. The topological polar surface area (TPSA) is 22.9 Å². The second-order valence-electron chi connectivity index (χ2n) is 5.62. The van der Waals surface area contributed by atoms with Crippen molar-refractivity contribution >= 4 is 15.9 Å². The van der Waals surface area contributed by atoms with Crippen LogP contribution in [0.15, 0.2) is 28.7 Å². The van der Waals surface area contributed by atoms with Gasteiger partial charge in [0, 0.05) is 10.4 Å². The van der Waals surface area contributed by atoms with E-state index in [1.807, 2.05) is 24.3 Å². The minimum atomic E-state index is 0.618. The van der Waals surface area contributed by atoms with Crippen LogP contribution in [-0.2, 0) is 4.74 Å². The lowest BCUT2D eigenvalue weighted by atomic mass is 10.0. The van der Waals surface area contributed by atoms with E-state index in [0.717, 1.165) is 29.3 Å². The van der Waals surface area contributed by atoms with Gasteiger partial charge in [-0.15, -0.1) is 0 Å². The molecular weight excluding hydrogens is 318 g/mol. The highest BCUT2D eigenvalue weighted by Crippen LogP contribution is 2.15. The number of quaternary nitrogens is 1. The number of halogens is 1. The molecule has 0 amide bonds. The van der Waals surface area contributed by atoms with Crippen LogP contribution >= 0.6 is 15.9 Å². The summed E-state index contributed by atoms with van der Waals surface area (Å²) in [7, 11) is 0. The molecule has 20 heavy (non-hydrogen) atoms. The lowest BCUT2D eigenvalue weighted by Crippen LogP contribution is -3.14. The Morgan fingerprint density at radius 3 is 2.75 bits per heavy atom. The highest BCUT2D eigenvalue weighted by Gasteiger charge is 2.18. The number of piperidine rings is 1. The third-order valence-electron chi connectivity index (χ3n) is 3.77. The van der Waals surface area contributed by atoms with Crippen LogP contribution in [0.4, 0.5) is 0 Å². The van der Waals surface area contributed by atoms with Crippen molar-refractivity contribution in [3.05, 3.63) is 28.7 Å². The molecule has 1 aromatic carbocycles. The zero-order valence-electron chi connectivity index (χ0n) is 12.2. The van der Waals surface area contributed by atoms with Gasteiger partial charge in [-0.05, 0) is 37.1 Å². The Kier molecular flexibility index (Phi) is 6.83. The van der Waals surface area contributed by atoms with E-state index in [1.54, 1.807) is 4.90 Å². The SMILES string of the molecule is C[C@@H]1CCC[NH+](CCOCCOc2ccc(Br)cc2)C1. The molecule has 1 aromatic rings. The first-order valence-corrected chi connectivity index (χ1v) is 8.33. The minimum Gasteiger partial charge on any atom is -0.491 e. The largest absolute Gasteiger partial charge is 0.491 e. The number of rotatable bonds is 7. The molecule has 1 heterocycles. The number of ether oxygens (including phenoxy) is 2. The molecule has 1 unspecified atom stereocenters. The predicted octanol–water partition coefficient (Wildman–Crippen LogP) is 2.16. The fourth-order valence-corrected chi connectivity index (χ4v) is 2.96. The number of hydrogen-bond acceptors (Lipinski definition) is 2. The highest BCUT2D eigenvalue weighted by molar-refractivity contribution is 9.10. The second-order valence-corrected chi connectivity index (χ2v) is 6.53. The molecular formula is C16H25BrNO2+. The van der Waals surface area contributed by atoms with Crippen LogP contribution in [0.5, 0.6) is 5.75 Å². The van der Waals surface area contributed by atoms with E-state index in [9.17, 15) is 0 Å². The van der Waals surface area contributed by atoms with Crippen molar-refractivity contribution in [2.45, 2.75) is 19.8 Å². The van der Waals surface area contributed by atoms with Gasteiger partial charge in [-0.2, -0.15) is 0 Å². The molecule has 2 atom stereocenters. The normalized spacial score (nSPS) is 22.7. The van der Waals surface area contributed by atoms with Gasteiger partial charge in [-0.25, -0.2) is 0 Å². The van der Waals surface area contributed by atoms with Crippen molar-refractivity contribution < 1.29 is 14.4 Å². The Bertz CT molecular complexity index is 383. The second kappa shape index (κ2) is 8.65. The molecule has 0 spiro atoms. The van der Waals surface area contributed by atoms with Gasteiger partial charge in [0.15, 0.2) is 0 Å². The summed E-state index contributed by atoms with van der Waals surface area (Å²) in [6.07, 6.45) is 2.76. The molecule has 2 rings (SSSR count). The molecule has 4 heteroatoms. The Balaban J connectivity index is 1.50. The van der Waals surface area contributed by atoms with E-state index in [4.69, 9.17) is 9.47 Å². The number of nitrogens with one attached hydrogen (secondary N) is 1. The fraction of sp³-hybridized carbons (Fsp3) is 0.625. The fourth-order valence-electron chi connectivity index (χ4n) is 2.69. The standard InChI is InChI=1S/C16H24BrNO2/c1-14-3-2-8-18(13-14)9-10-19-11-12-20-16-6-4-15(17)5-7-16/h4-7,14H,2-3,8-13H2,1H3/p+1/t14-/m1/s1. The van der Waals surface area contributed by atoms with Crippen LogP contribution in [0.25, 0.3) is 0 Å². The summed E-state index contributed by atoms with van der Waals surface area (Å²) >= 11 is 3.41. The third-order valence-corrected chi connectivity index (χ3v) is 4.30. The van der Waals surface area contributed by atoms with Gasteiger partial charge in [-0.3, -0.25) is 0 Å². The van der Waals surface area contributed by atoms with Crippen LogP contribution in [0.2, 0.25) is 0 Å². The Morgan fingerprint density at radius 2 is 2.00 bits per heavy atom. The quantitative estimate of drug-likeness (QED) is 0.767. The summed E-state index contributed by atoms with van der Waals surface area (Å²) in [4.78, 5) is 1.69. The molecule has 1 aliphatic heterocycles. The maximum atomic E-state index is 5.66. The van der Waals surface area contributed by atoms with Gasteiger partial charge in [0.25, 0.3) is 0 Å². The first-order chi connectivity index (χ1) is 9.74. The van der Waals surface area contributed by atoms with Crippen LogP contribution in [0, 0.1) is 5.92 Å². The van der Waals surface area contributed by atoms with E-state index >= 15 is 0 Å². The van der Waals surface area contributed by atoms with Crippen LogP contribution in [0.1, 0.15) is 19.8 Å². The van der Waals surface area contributed by atoms with E-state index in [2.05, 4.69) is 22.9 Å². The molecule has 1 N–H and O–H groups in total. The predicted molar refractivity (Wildman–Crippen MR) is 84.4 cm³/mol. The van der Waals surface area contributed by atoms with Crippen molar-refractivity contribution in [3.63, 3.8) is 0 Å². The Labute approximate surface area is 130 Å². The van der Waals surface area contributed by atoms with Crippen molar-refractivity contribution in [3.8, 4) is 5.75 Å². The van der Waals surface area contributed by atoms with Gasteiger partial charge in [0.2, 0.25) is 0 Å². The lowest BCUT2D eigenvalue weighted by Gasteiger charge is -2.27. The lowest BCUT2D eigenvalue weighted by molar-refractivity contribution is -0.908. The molecule has 0 radical (unpaired) electrons. The molecule has 1 fully saturated rings. The van der Waals surface area contributed by atoms with Gasteiger partial charge in [0.1, 0.15) is 18.9 Å². The van der Waals surface area contributed by atoms with E-state index < -0.39 is 0 Å². The van der Waals surface area contributed by atoms with Crippen LogP contribution < -0.4 is 9.64 Å². The molecule has 1 saturated heterocycles. The third kappa shape index (κ3) is 5.81. The van der Waals surface area contributed by atoms with E-state index in [1.165, 1.54) is 25.9 Å². The number of hydrogen-bond donors (Lipinski definition) is 1. The van der Waals surface area contributed by atoms with Crippen molar-refractivity contribution in [2.24, 2.45) is 5.92 Å². The summed E-state index contributed by atoms with van der Waals surface area (Å²) in [6.45, 7) is 8.22. The summed E-state index contributed by atoms with van der Waals surface area (Å²) in [5.74, 6) is 1.77. The van der Waals surface area contributed by atoms with Crippen LogP contribution in [-0.4, -0.2) is 39.5 Å². The molecule has 0 aliphatic carbocycles. The van der Waals surface area contributed by atoms with E-state index in [0.29, 0.717) is 13.2 Å². The summed E-state index contributed by atoms with van der Waals surface area (Å²) in [5.41, 5.74) is 0. The monoisotopic (exact) mass is 342 g/mol. The van der Waals surface area contributed by atoms with Crippen molar-refractivity contribution in [1.82, 2.24) is 0 Å². The molecule has 112 valence electrons. The molecule has 0 saturated carbocycles. The zero-order chi connectivity index (χ0) is 14.2. The first-order valence-electron chi connectivity index (χ1n) is 7.54.